The molecule has 3 rings (SSSR count). The van der Waals surface area contributed by atoms with Gasteiger partial charge in [0.2, 0.25) is 5.91 Å². The van der Waals surface area contributed by atoms with E-state index < -0.39 is 11.7 Å². The first-order valence-corrected chi connectivity index (χ1v) is 8.91. The number of Topliss-reactive ketones (excluding diaryl/α,β-unsaturated/α-hetero) is 1. The summed E-state index contributed by atoms with van der Waals surface area (Å²) in [5.74, 6) is -0.458. The Morgan fingerprint density at radius 1 is 0.963 bits per heavy atom. The topological polar surface area (TPSA) is 46.2 Å². The molecule has 0 aromatic heterocycles. The number of carbonyl (C=O) groups is 2. The van der Waals surface area contributed by atoms with Crippen molar-refractivity contribution < 1.29 is 22.8 Å². The van der Waals surface area contributed by atoms with Gasteiger partial charge in [-0.1, -0.05) is 24.3 Å². The summed E-state index contributed by atoms with van der Waals surface area (Å²) in [5, 5.41) is 2.57. The number of hydrogen-bond donors (Lipinski definition) is 1. The minimum Gasteiger partial charge on any atom is -0.352 e. The highest BCUT2D eigenvalue weighted by atomic mass is 19.4. The number of amides is 1. The second-order valence-electron chi connectivity index (χ2n) is 6.74. The van der Waals surface area contributed by atoms with Crippen LogP contribution in [0.4, 0.5) is 13.2 Å². The molecule has 1 amide bonds. The van der Waals surface area contributed by atoms with Crippen LogP contribution in [0, 0.1) is 0 Å². The Labute approximate surface area is 155 Å². The third-order valence-corrected chi connectivity index (χ3v) is 4.74. The maximum atomic E-state index is 12.7. The average molecular weight is 375 g/mol. The van der Waals surface area contributed by atoms with E-state index in [1.165, 1.54) is 23.3 Å². The van der Waals surface area contributed by atoms with E-state index in [9.17, 15) is 22.8 Å². The van der Waals surface area contributed by atoms with Crippen LogP contribution in [0.2, 0.25) is 0 Å². The molecule has 0 fully saturated rings. The van der Waals surface area contributed by atoms with Gasteiger partial charge in [-0.2, -0.15) is 13.2 Å². The zero-order chi connectivity index (χ0) is 19.4. The van der Waals surface area contributed by atoms with Gasteiger partial charge >= 0.3 is 6.18 Å². The van der Waals surface area contributed by atoms with Crippen molar-refractivity contribution in [2.75, 3.05) is 0 Å². The molecule has 27 heavy (non-hydrogen) atoms. The SMILES string of the molecule is O=C(CCC(=O)c1ccc2c(c1)CCC2)NCc1cccc(C(F)(F)F)c1. The van der Waals surface area contributed by atoms with Crippen molar-refractivity contribution in [1.82, 2.24) is 5.32 Å². The number of carbonyl (C=O) groups excluding carboxylic acids is 2. The fourth-order valence-electron chi connectivity index (χ4n) is 3.26. The molecule has 1 aliphatic rings. The van der Waals surface area contributed by atoms with Crippen LogP contribution in [-0.4, -0.2) is 11.7 Å². The van der Waals surface area contributed by atoms with Gasteiger partial charge in [0.25, 0.3) is 0 Å². The van der Waals surface area contributed by atoms with Gasteiger partial charge in [0, 0.05) is 24.9 Å². The second-order valence-corrected chi connectivity index (χ2v) is 6.74. The van der Waals surface area contributed by atoms with Crippen molar-refractivity contribution in [3.63, 3.8) is 0 Å². The van der Waals surface area contributed by atoms with Gasteiger partial charge in [0.1, 0.15) is 0 Å². The fraction of sp³-hybridized carbons (Fsp3) is 0.333. The maximum Gasteiger partial charge on any atom is 0.416 e. The van der Waals surface area contributed by atoms with Crippen molar-refractivity contribution in [3.05, 3.63) is 70.3 Å². The van der Waals surface area contributed by atoms with Gasteiger partial charge in [-0.15, -0.1) is 0 Å². The number of halogens is 3. The summed E-state index contributed by atoms with van der Waals surface area (Å²) >= 11 is 0. The third-order valence-electron chi connectivity index (χ3n) is 4.74. The van der Waals surface area contributed by atoms with Crippen molar-refractivity contribution in [3.8, 4) is 0 Å². The molecule has 0 unspecified atom stereocenters. The highest BCUT2D eigenvalue weighted by Gasteiger charge is 2.30. The number of hydrogen-bond acceptors (Lipinski definition) is 2. The van der Waals surface area contributed by atoms with Crippen molar-refractivity contribution in [2.45, 2.75) is 44.8 Å². The van der Waals surface area contributed by atoms with E-state index in [-0.39, 0.29) is 31.1 Å². The molecular formula is C21H20F3NO2. The lowest BCUT2D eigenvalue weighted by Crippen LogP contribution is -2.23. The molecule has 0 saturated carbocycles. The summed E-state index contributed by atoms with van der Waals surface area (Å²) in [6.45, 7) is -0.00418. The van der Waals surface area contributed by atoms with Crippen LogP contribution in [0.1, 0.15) is 51.9 Å². The van der Waals surface area contributed by atoms with Gasteiger partial charge < -0.3 is 5.32 Å². The van der Waals surface area contributed by atoms with Gasteiger partial charge in [-0.25, -0.2) is 0 Å². The van der Waals surface area contributed by atoms with Crippen LogP contribution < -0.4 is 5.32 Å². The van der Waals surface area contributed by atoms with Crippen LogP contribution in [-0.2, 0) is 30.4 Å². The molecule has 2 aromatic carbocycles. The van der Waals surface area contributed by atoms with Crippen molar-refractivity contribution >= 4 is 11.7 Å². The summed E-state index contributed by atoms with van der Waals surface area (Å²) in [5.41, 5.74) is 2.71. The molecule has 142 valence electrons. The van der Waals surface area contributed by atoms with Crippen LogP contribution in [0.3, 0.4) is 0 Å². The van der Waals surface area contributed by atoms with Crippen molar-refractivity contribution in [1.29, 1.82) is 0 Å². The molecule has 0 bridgehead atoms. The summed E-state index contributed by atoms with van der Waals surface area (Å²) in [4.78, 5) is 24.2. The molecule has 0 saturated heterocycles. The predicted molar refractivity (Wildman–Crippen MR) is 95.3 cm³/mol. The molecule has 3 nitrogen and oxygen atoms in total. The highest BCUT2D eigenvalue weighted by Crippen LogP contribution is 2.29. The van der Waals surface area contributed by atoms with E-state index in [4.69, 9.17) is 0 Å². The Bertz CT molecular complexity index is 859. The largest absolute Gasteiger partial charge is 0.416 e. The Morgan fingerprint density at radius 2 is 1.74 bits per heavy atom. The smallest absolute Gasteiger partial charge is 0.352 e. The number of fused-ring (bicyclic) bond motifs is 1. The molecule has 1 N–H and O–H groups in total. The molecule has 0 heterocycles. The molecule has 6 heteroatoms. The van der Waals surface area contributed by atoms with Gasteiger partial charge in [-0.3, -0.25) is 9.59 Å². The van der Waals surface area contributed by atoms with Crippen LogP contribution in [0.25, 0.3) is 0 Å². The quantitative estimate of drug-likeness (QED) is 0.757. The van der Waals surface area contributed by atoms with E-state index >= 15 is 0 Å². The lowest BCUT2D eigenvalue weighted by molar-refractivity contribution is -0.137. The first-order chi connectivity index (χ1) is 12.8. The summed E-state index contributed by atoms with van der Waals surface area (Å²) in [6.07, 6.45) is -1.20. The zero-order valence-corrected chi connectivity index (χ0v) is 14.7. The number of ketones is 1. The van der Waals surface area contributed by atoms with E-state index in [1.54, 1.807) is 6.07 Å². The number of nitrogens with one attached hydrogen (secondary N) is 1. The zero-order valence-electron chi connectivity index (χ0n) is 14.7. The summed E-state index contributed by atoms with van der Waals surface area (Å²) in [6, 6.07) is 10.5. The van der Waals surface area contributed by atoms with Crippen LogP contribution in [0.15, 0.2) is 42.5 Å². The predicted octanol–water partition coefficient (Wildman–Crippen LogP) is 4.47. The summed E-state index contributed by atoms with van der Waals surface area (Å²) in [7, 11) is 0. The second kappa shape index (κ2) is 7.94. The normalized spacial score (nSPS) is 13.3. The maximum absolute atomic E-state index is 12.7. The van der Waals surface area contributed by atoms with Gasteiger partial charge in [0.05, 0.1) is 5.56 Å². The molecular weight excluding hydrogens is 355 g/mol. The number of alkyl halides is 3. The number of benzene rings is 2. The lowest BCUT2D eigenvalue weighted by Gasteiger charge is -2.10. The Morgan fingerprint density at radius 3 is 2.52 bits per heavy atom. The average Bonchev–Trinajstić information content (AvgIpc) is 3.11. The first-order valence-electron chi connectivity index (χ1n) is 8.91. The van der Waals surface area contributed by atoms with E-state index in [0.29, 0.717) is 11.1 Å². The van der Waals surface area contributed by atoms with Crippen molar-refractivity contribution in [2.24, 2.45) is 0 Å². The molecule has 0 spiro atoms. The van der Waals surface area contributed by atoms with Gasteiger partial charge in [0.15, 0.2) is 5.78 Å². The first kappa shape index (κ1) is 19.1. The Balaban J connectivity index is 1.49. The standard InChI is InChI=1S/C21H20F3NO2/c22-21(23,24)18-6-1-3-14(11-18)13-25-20(27)10-9-19(26)17-8-7-15-4-2-5-16(15)12-17/h1,3,6-8,11-12H,2,4-5,9-10,13H2,(H,25,27). The minimum absolute atomic E-state index is 0.00418. The van der Waals surface area contributed by atoms with Gasteiger partial charge in [-0.05, 0) is 54.2 Å². The van der Waals surface area contributed by atoms with E-state index in [2.05, 4.69) is 5.32 Å². The number of aryl methyl sites for hydroxylation is 2. The van der Waals surface area contributed by atoms with Crippen LogP contribution in [0.5, 0.6) is 0 Å². The highest BCUT2D eigenvalue weighted by molar-refractivity contribution is 5.98. The minimum atomic E-state index is -4.41. The molecule has 1 aliphatic carbocycles. The Kier molecular flexibility index (Phi) is 5.63. The third kappa shape index (κ3) is 4.96. The fourth-order valence-corrected chi connectivity index (χ4v) is 3.26. The molecule has 2 aromatic rings. The molecule has 0 atom stereocenters. The van der Waals surface area contributed by atoms with E-state index in [0.717, 1.165) is 31.4 Å². The van der Waals surface area contributed by atoms with E-state index in [1.807, 2.05) is 12.1 Å². The summed E-state index contributed by atoms with van der Waals surface area (Å²) < 4.78 is 38.1. The molecule has 0 radical (unpaired) electrons. The monoisotopic (exact) mass is 375 g/mol. The number of rotatable bonds is 6. The van der Waals surface area contributed by atoms with Crippen LogP contribution >= 0.6 is 0 Å². The Hall–Kier alpha value is -2.63. The lowest BCUT2D eigenvalue weighted by atomic mass is 10.0. The molecule has 0 aliphatic heterocycles.